The molecule has 2 aromatic rings. The van der Waals surface area contributed by atoms with Crippen molar-refractivity contribution in [3.8, 4) is 5.75 Å². The monoisotopic (exact) mass is 431 g/mol. The highest BCUT2D eigenvalue weighted by atomic mass is 35.5. The maximum Gasteiger partial charge on any atom is 0.343 e. The Hall–Kier alpha value is -3.52. The number of carbonyl (C=O) groups is 2. The zero-order valence-electron chi connectivity index (χ0n) is 16.5. The predicted molar refractivity (Wildman–Crippen MR) is 115 cm³/mol. The topological polar surface area (TPSA) is 115 Å². The first kappa shape index (κ1) is 22.8. The minimum Gasteiger partial charge on any atom is -0.498 e. The number of hydrogen-bond acceptors (Lipinski definition) is 6. The maximum atomic E-state index is 13.1. The van der Waals surface area contributed by atoms with Gasteiger partial charge in [0.15, 0.2) is 6.61 Å². The van der Waals surface area contributed by atoms with E-state index in [-0.39, 0.29) is 37.3 Å². The Balaban J connectivity index is 0.00000320. The summed E-state index contributed by atoms with van der Waals surface area (Å²) in [6.07, 6.45) is 0. The van der Waals surface area contributed by atoms with Crippen molar-refractivity contribution in [2.24, 2.45) is 5.73 Å². The number of carbonyl (C=O) groups excluding carboxylic acids is 2. The smallest absolute Gasteiger partial charge is 0.343 e. The standard InChI is InChI=1S/C21H21N3O5.ClH/c1-27-17-11-24(15-8-6-13(7-9-15)20(22)23)21(26)19(17)14-4-3-5-16(10-14)29-12-18(25)28-2;/h3-10H,11-12H2,1-2H3,(H3,22,23);1H. The van der Waals surface area contributed by atoms with Crippen molar-refractivity contribution in [2.75, 3.05) is 32.3 Å². The Bertz CT molecular complexity index is 988. The summed E-state index contributed by atoms with van der Waals surface area (Å²) in [5, 5.41) is 7.48. The van der Waals surface area contributed by atoms with Crippen LogP contribution in [0.15, 0.2) is 54.3 Å². The highest BCUT2D eigenvalue weighted by Gasteiger charge is 2.33. The SMILES string of the molecule is COC(=O)COc1cccc(C2=C(OC)CN(c3ccc(C(=N)N)cc3)C2=O)c1.Cl. The molecular formula is C21H22ClN3O5. The molecule has 0 radical (unpaired) electrons. The van der Waals surface area contributed by atoms with Crippen LogP contribution < -0.4 is 15.4 Å². The minimum absolute atomic E-state index is 0. The first-order valence-corrected chi connectivity index (χ1v) is 8.78. The zero-order valence-corrected chi connectivity index (χ0v) is 17.3. The lowest BCUT2D eigenvalue weighted by molar-refractivity contribution is -0.142. The molecule has 0 bridgehead atoms. The summed E-state index contributed by atoms with van der Waals surface area (Å²) < 4.78 is 15.4. The average Bonchev–Trinajstić information content (AvgIpc) is 3.08. The molecule has 0 spiro atoms. The molecule has 1 aliphatic rings. The molecule has 0 unspecified atom stereocenters. The van der Waals surface area contributed by atoms with Crippen LogP contribution in [-0.4, -0.2) is 45.1 Å². The van der Waals surface area contributed by atoms with Crippen LogP contribution in [0.25, 0.3) is 5.57 Å². The second-order valence-corrected chi connectivity index (χ2v) is 6.25. The van der Waals surface area contributed by atoms with E-state index in [2.05, 4.69) is 4.74 Å². The van der Waals surface area contributed by atoms with Crippen molar-refractivity contribution < 1.29 is 23.8 Å². The number of benzene rings is 2. The summed E-state index contributed by atoms with van der Waals surface area (Å²) in [6.45, 7) is 0.0516. The predicted octanol–water partition coefficient (Wildman–Crippen LogP) is 2.35. The second kappa shape index (κ2) is 9.80. The number of halogens is 1. The van der Waals surface area contributed by atoms with Gasteiger partial charge in [0.25, 0.3) is 5.91 Å². The van der Waals surface area contributed by atoms with E-state index in [9.17, 15) is 9.59 Å². The molecule has 3 rings (SSSR count). The molecule has 3 N–H and O–H groups in total. The highest BCUT2D eigenvalue weighted by molar-refractivity contribution is 6.29. The van der Waals surface area contributed by atoms with E-state index in [4.69, 9.17) is 20.6 Å². The third-order valence-corrected chi connectivity index (χ3v) is 4.48. The molecule has 9 heteroatoms. The van der Waals surface area contributed by atoms with Gasteiger partial charge in [0.2, 0.25) is 0 Å². The van der Waals surface area contributed by atoms with Crippen molar-refractivity contribution in [2.45, 2.75) is 0 Å². The number of nitrogens with two attached hydrogens (primary N) is 1. The van der Waals surface area contributed by atoms with Crippen molar-refractivity contribution in [1.29, 1.82) is 5.41 Å². The highest BCUT2D eigenvalue weighted by Crippen LogP contribution is 2.33. The molecule has 2 aromatic carbocycles. The molecule has 30 heavy (non-hydrogen) atoms. The number of amidine groups is 1. The Morgan fingerprint density at radius 3 is 2.47 bits per heavy atom. The summed E-state index contributed by atoms with van der Waals surface area (Å²) in [5.41, 5.74) is 7.78. The van der Waals surface area contributed by atoms with Crippen molar-refractivity contribution in [1.82, 2.24) is 0 Å². The summed E-state index contributed by atoms with van der Waals surface area (Å²) in [4.78, 5) is 26.0. The summed E-state index contributed by atoms with van der Waals surface area (Å²) in [6, 6.07) is 13.7. The van der Waals surface area contributed by atoms with Crippen LogP contribution >= 0.6 is 12.4 Å². The van der Waals surface area contributed by atoms with Gasteiger partial charge < -0.3 is 24.8 Å². The van der Waals surface area contributed by atoms with Gasteiger partial charge in [-0.3, -0.25) is 10.2 Å². The number of methoxy groups -OCH3 is 2. The molecule has 0 atom stereocenters. The molecule has 0 aliphatic carbocycles. The second-order valence-electron chi connectivity index (χ2n) is 6.25. The van der Waals surface area contributed by atoms with Gasteiger partial charge in [-0.2, -0.15) is 0 Å². The minimum atomic E-state index is -0.496. The third-order valence-electron chi connectivity index (χ3n) is 4.48. The molecule has 0 saturated carbocycles. The normalized spacial score (nSPS) is 13.0. The van der Waals surface area contributed by atoms with Crippen LogP contribution in [0.2, 0.25) is 0 Å². The molecule has 1 amide bonds. The number of nitrogen functional groups attached to an aromatic ring is 1. The molecule has 1 heterocycles. The van der Waals surface area contributed by atoms with Crippen molar-refractivity contribution in [3.63, 3.8) is 0 Å². The van der Waals surface area contributed by atoms with E-state index < -0.39 is 5.97 Å². The largest absolute Gasteiger partial charge is 0.498 e. The molecule has 8 nitrogen and oxygen atoms in total. The van der Waals surface area contributed by atoms with Crippen LogP contribution in [-0.2, 0) is 19.1 Å². The molecule has 0 saturated heterocycles. The summed E-state index contributed by atoms with van der Waals surface area (Å²) >= 11 is 0. The summed E-state index contributed by atoms with van der Waals surface area (Å²) in [5.74, 6) is 0.208. The van der Waals surface area contributed by atoms with Gasteiger partial charge in [-0.05, 0) is 42.0 Å². The van der Waals surface area contributed by atoms with E-state index >= 15 is 0 Å². The number of esters is 1. The zero-order chi connectivity index (χ0) is 21.0. The molecular weight excluding hydrogens is 410 g/mol. The van der Waals surface area contributed by atoms with Crippen LogP contribution in [0, 0.1) is 5.41 Å². The Morgan fingerprint density at radius 1 is 1.17 bits per heavy atom. The van der Waals surface area contributed by atoms with Crippen LogP contribution in [0.4, 0.5) is 5.69 Å². The quantitative estimate of drug-likeness (QED) is 0.395. The number of hydrogen-bond donors (Lipinski definition) is 2. The first-order valence-electron chi connectivity index (χ1n) is 8.78. The van der Waals surface area contributed by atoms with Gasteiger partial charge in [0.05, 0.1) is 26.3 Å². The fraction of sp³-hybridized carbons (Fsp3) is 0.190. The first-order chi connectivity index (χ1) is 13.9. The van der Waals surface area contributed by atoms with E-state index in [1.807, 2.05) is 0 Å². The third kappa shape index (κ3) is 4.72. The Kier molecular flexibility index (Phi) is 7.43. The molecule has 0 fully saturated rings. The lowest BCUT2D eigenvalue weighted by Crippen LogP contribution is -2.26. The fourth-order valence-electron chi connectivity index (χ4n) is 2.97. The lowest BCUT2D eigenvalue weighted by Gasteiger charge is -2.17. The van der Waals surface area contributed by atoms with Crippen LogP contribution in [0.5, 0.6) is 5.75 Å². The molecule has 0 aromatic heterocycles. The number of amides is 1. The summed E-state index contributed by atoms with van der Waals surface area (Å²) in [7, 11) is 2.80. The number of anilines is 1. The Labute approximate surface area is 180 Å². The number of rotatable bonds is 7. The van der Waals surface area contributed by atoms with Gasteiger partial charge in [0, 0.05) is 11.3 Å². The van der Waals surface area contributed by atoms with E-state index in [0.717, 1.165) is 0 Å². The Morgan fingerprint density at radius 2 is 1.87 bits per heavy atom. The maximum absolute atomic E-state index is 13.1. The molecule has 1 aliphatic heterocycles. The molecule has 158 valence electrons. The van der Waals surface area contributed by atoms with E-state index in [1.165, 1.54) is 14.2 Å². The van der Waals surface area contributed by atoms with Gasteiger partial charge in [-0.1, -0.05) is 12.1 Å². The fourth-order valence-corrected chi connectivity index (χ4v) is 2.97. The van der Waals surface area contributed by atoms with E-state index in [1.54, 1.807) is 53.4 Å². The lowest BCUT2D eigenvalue weighted by atomic mass is 10.1. The van der Waals surface area contributed by atoms with Crippen LogP contribution in [0.1, 0.15) is 11.1 Å². The average molecular weight is 432 g/mol. The van der Waals surface area contributed by atoms with Crippen LogP contribution in [0.3, 0.4) is 0 Å². The van der Waals surface area contributed by atoms with Gasteiger partial charge in [-0.15, -0.1) is 12.4 Å². The van der Waals surface area contributed by atoms with Gasteiger partial charge in [-0.25, -0.2) is 4.79 Å². The number of nitrogens with zero attached hydrogens (tertiary/aromatic N) is 1. The van der Waals surface area contributed by atoms with Gasteiger partial charge in [0.1, 0.15) is 17.3 Å². The van der Waals surface area contributed by atoms with Crippen molar-refractivity contribution in [3.05, 3.63) is 65.4 Å². The van der Waals surface area contributed by atoms with Gasteiger partial charge >= 0.3 is 5.97 Å². The van der Waals surface area contributed by atoms with E-state index in [0.29, 0.717) is 33.9 Å². The number of nitrogens with one attached hydrogen (secondary N) is 1. The number of ether oxygens (including phenoxy) is 3. The van der Waals surface area contributed by atoms with Crippen molar-refractivity contribution >= 4 is 41.4 Å².